The zero-order chi connectivity index (χ0) is 24.6. The molecule has 0 bridgehead atoms. The molecule has 0 spiro atoms. The molecule has 2 heterocycles. The summed E-state index contributed by atoms with van der Waals surface area (Å²) in [6, 6.07) is 20.4. The predicted molar refractivity (Wildman–Crippen MR) is 143 cm³/mol. The van der Waals surface area contributed by atoms with Gasteiger partial charge in [0.15, 0.2) is 0 Å². The Labute approximate surface area is 216 Å². The van der Waals surface area contributed by atoms with Crippen molar-refractivity contribution in [3.05, 3.63) is 71.4 Å². The number of hydrogen-bond donors (Lipinski definition) is 0. The van der Waals surface area contributed by atoms with E-state index in [0.717, 1.165) is 52.5 Å². The highest BCUT2D eigenvalue weighted by atomic mass is 32.2. The van der Waals surface area contributed by atoms with Crippen molar-refractivity contribution in [2.75, 3.05) is 10.7 Å². The molecule has 178 valence electrons. The summed E-state index contributed by atoms with van der Waals surface area (Å²) in [5.74, 6) is 0.813. The van der Waals surface area contributed by atoms with Gasteiger partial charge in [-0.15, -0.1) is 0 Å². The highest BCUT2D eigenvalue weighted by Gasteiger charge is 2.32. The molecule has 1 aliphatic carbocycles. The van der Waals surface area contributed by atoms with Crippen molar-refractivity contribution in [2.45, 2.75) is 61.3 Å². The lowest BCUT2D eigenvalue weighted by atomic mass is 9.69. The highest BCUT2D eigenvalue weighted by molar-refractivity contribution is 8.00. The molecule has 0 saturated carbocycles. The number of rotatable bonds is 5. The minimum absolute atomic E-state index is 0.0108. The number of nitrogens with zero attached hydrogens (tertiary/aromatic N) is 3. The molecule has 35 heavy (non-hydrogen) atoms. The average molecular weight is 500 g/mol. The Morgan fingerprint density at radius 2 is 1.83 bits per heavy atom. The van der Waals surface area contributed by atoms with Gasteiger partial charge in [0, 0.05) is 15.5 Å². The van der Waals surface area contributed by atoms with Crippen molar-refractivity contribution in [1.29, 1.82) is 5.26 Å². The van der Waals surface area contributed by atoms with Crippen LogP contribution in [0.3, 0.4) is 0 Å². The Balaban J connectivity index is 1.39. The van der Waals surface area contributed by atoms with Gasteiger partial charge < -0.3 is 0 Å². The Morgan fingerprint density at radius 3 is 2.46 bits per heavy atom. The first kappa shape index (κ1) is 24.0. The van der Waals surface area contributed by atoms with Crippen LogP contribution >= 0.6 is 23.5 Å². The molecule has 0 N–H and O–H groups in total. The first-order valence-electron chi connectivity index (χ1n) is 12.2. The molecule has 1 amide bonds. The van der Waals surface area contributed by atoms with Gasteiger partial charge in [-0.3, -0.25) is 9.69 Å². The van der Waals surface area contributed by atoms with Gasteiger partial charge in [0.05, 0.1) is 22.7 Å². The smallest absolute Gasteiger partial charge is 0.242 e. The fraction of sp³-hybridized carbons (Fsp3) is 0.345. The first-order valence-corrected chi connectivity index (χ1v) is 14.0. The van der Waals surface area contributed by atoms with Crippen molar-refractivity contribution in [2.24, 2.45) is 11.3 Å². The zero-order valence-corrected chi connectivity index (χ0v) is 22.0. The normalized spacial score (nSPS) is 16.6. The van der Waals surface area contributed by atoms with Crippen molar-refractivity contribution in [1.82, 2.24) is 4.98 Å². The minimum atomic E-state index is -0.0108. The third kappa shape index (κ3) is 4.60. The van der Waals surface area contributed by atoms with Gasteiger partial charge in [0.1, 0.15) is 11.1 Å². The van der Waals surface area contributed by atoms with Gasteiger partial charge in [0.25, 0.3) is 0 Å². The molecule has 1 aliphatic heterocycles. The maximum atomic E-state index is 13.6. The summed E-state index contributed by atoms with van der Waals surface area (Å²) in [5.41, 5.74) is 4.96. The number of hydrogen-bond acceptors (Lipinski definition) is 5. The van der Waals surface area contributed by atoms with Crippen molar-refractivity contribution in [3.63, 3.8) is 0 Å². The number of thioether (sulfide) groups is 1. The van der Waals surface area contributed by atoms with Crippen LogP contribution in [0.15, 0.2) is 69.4 Å². The lowest BCUT2D eigenvalue weighted by Gasteiger charge is -2.37. The number of para-hydroxylation sites is 2. The van der Waals surface area contributed by atoms with Crippen LogP contribution < -0.4 is 4.90 Å². The molecule has 1 aromatic heterocycles. The average Bonchev–Trinajstić information content (AvgIpc) is 2.89. The van der Waals surface area contributed by atoms with Crippen LogP contribution in [0, 0.1) is 22.7 Å². The molecule has 0 fully saturated rings. The number of amides is 1. The Morgan fingerprint density at radius 1 is 1.17 bits per heavy atom. The third-order valence-corrected chi connectivity index (χ3v) is 9.61. The summed E-state index contributed by atoms with van der Waals surface area (Å²) in [5, 5.41) is 10.5. The number of pyridine rings is 1. The van der Waals surface area contributed by atoms with Crippen LogP contribution in [0.2, 0.25) is 0 Å². The van der Waals surface area contributed by atoms with Gasteiger partial charge in [-0.05, 0) is 66.5 Å². The number of anilines is 2. The summed E-state index contributed by atoms with van der Waals surface area (Å²) >= 11 is 3.06. The summed E-state index contributed by atoms with van der Waals surface area (Å²) in [6.45, 7) is 6.93. The molecule has 5 rings (SSSR count). The lowest BCUT2D eigenvalue weighted by Crippen LogP contribution is -2.30. The van der Waals surface area contributed by atoms with Gasteiger partial charge in [0.2, 0.25) is 5.91 Å². The van der Waals surface area contributed by atoms with Crippen LogP contribution in [0.5, 0.6) is 0 Å². The summed E-state index contributed by atoms with van der Waals surface area (Å²) in [4.78, 5) is 22.4. The molecule has 1 unspecified atom stereocenters. The summed E-state index contributed by atoms with van der Waals surface area (Å²) in [7, 11) is 0. The molecule has 0 saturated heterocycles. The van der Waals surface area contributed by atoms with Crippen LogP contribution in [0.1, 0.15) is 50.4 Å². The topological polar surface area (TPSA) is 57.0 Å². The molecule has 2 aromatic carbocycles. The van der Waals surface area contributed by atoms with Crippen molar-refractivity contribution >= 4 is 40.8 Å². The van der Waals surface area contributed by atoms with E-state index in [1.807, 2.05) is 47.4 Å². The number of aryl methyl sites for hydroxylation is 1. The quantitative estimate of drug-likeness (QED) is 0.342. The predicted octanol–water partition coefficient (Wildman–Crippen LogP) is 7.42. The first-order chi connectivity index (χ1) is 16.9. The molecular formula is C29H29N3OS2. The Hall–Kier alpha value is -2.75. The number of aromatic nitrogens is 1. The number of carbonyl (C=O) groups is 1. The van der Waals surface area contributed by atoms with E-state index in [1.54, 1.807) is 11.8 Å². The lowest BCUT2D eigenvalue weighted by molar-refractivity contribution is -0.115. The maximum Gasteiger partial charge on any atom is 0.242 e. The largest absolute Gasteiger partial charge is 0.278 e. The number of nitriles is 1. The van der Waals surface area contributed by atoms with E-state index >= 15 is 0 Å². The fourth-order valence-corrected chi connectivity index (χ4v) is 6.84. The summed E-state index contributed by atoms with van der Waals surface area (Å²) in [6.07, 6.45) is 4.17. The van der Waals surface area contributed by atoms with Gasteiger partial charge >= 0.3 is 0 Å². The van der Waals surface area contributed by atoms with E-state index in [2.05, 4.69) is 39.0 Å². The van der Waals surface area contributed by atoms with E-state index in [4.69, 9.17) is 4.98 Å². The van der Waals surface area contributed by atoms with Crippen molar-refractivity contribution < 1.29 is 4.79 Å². The number of carbonyl (C=O) groups excluding carboxylic acids is 1. The zero-order valence-electron chi connectivity index (χ0n) is 20.4. The van der Waals surface area contributed by atoms with Crippen LogP contribution in [0.25, 0.3) is 0 Å². The molecule has 4 nitrogen and oxygen atoms in total. The monoisotopic (exact) mass is 499 g/mol. The van der Waals surface area contributed by atoms with Crippen LogP contribution in [-0.2, 0) is 17.6 Å². The van der Waals surface area contributed by atoms with Gasteiger partial charge in [-0.25, -0.2) is 4.98 Å². The van der Waals surface area contributed by atoms with Gasteiger partial charge in [-0.1, -0.05) is 75.0 Å². The second-order valence-corrected chi connectivity index (χ2v) is 11.9. The summed E-state index contributed by atoms with van der Waals surface area (Å²) < 4.78 is 0. The Kier molecular flexibility index (Phi) is 6.65. The SMILES string of the molecule is CCC(C)(C)C1CCc2nc(SCC(=O)N3c4ccccc4Sc4ccccc43)c(C#N)cc2C1. The molecular weight excluding hydrogens is 470 g/mol. The van der Waals surface area contributed by atoms with E-state index < -0.39 is 0 Å². The second-order valence-electron chi connectivity index (χ2n) is 9.90. The molecule has 0 radical (unpaired) electrons. The number of fused-ring (bicyclic) bond motifs is 3. The van der Waals surface area contributed by atoms with Crippen molar-refractivity contribution in [3.8, 4) is 6.07 Å². The highest BCUT2D eigenvalue weighted by Crippen LogP contribution is 2.48. The van der Waals surface area contributed by atoms with Gasteiger partial charge in [-0.2, -0.15) is 5.26 Å². The third-order valence-electron chi connectivity index (χ3n) is 7.50. The second kappa shape index (κ2) is 9.72. The maximum absolute atomic E-state index is 13.6. The van der Waals surface area contributed by atoms with Crippen LogP contribution in [-0.4, -0.2) is 16.6 Å². The standard InChI is InChI=1S/C29H29N3OS2/c1-4-29(2,3)21-13-14-22-19(16-21)15-20(17-30)28(31-22)34-18-27(33)32-23-9-5-7-11-25(23)35-26-12-8-6-10-24(26)32/h5-12,15,21H,4,13-14,16,18H2,1-3H3. The molecule has 3 aromatic rings. The van der Waals surface area contributed by atoms with E-state index in [0.29, 0.717) is 16.5 Å². The molecule has 2 aliphatic rings. The minimum Gasteiger partial charge on any atom is -0.278 e. The van der Waals surface area contributed by atoms with E-state index in [-0.39, 0.29) is 17.1 Å². The fourth-order valence-electron chi connectivity index (χ4n) is 4.96. The van der Waals surface area contributed by atoms with E-state index in [1.165, 1.54) is 17.3 Å². The van der Waals surface area contributed by atoms with Crippen LogP contribution in [0.4, 0.5) is 11.4 Å². The Bertz CT molecular complexity index is 1280. The number of benzene rings is 2. The molecule has 1 atom stereocenters. The van der Waals surface area contributed by atoms with E-state index in [9.17, 15) is 10.1 Å². The molecule has 6 heteroatoms.